The van der Waals surface area contributed by atoms with Gasteiger partial charge in [0, 0.05) is 38.8 Å². The van der Waals surface area contributed by atoms with Crippen LogP contribution in [0.3, 0.4) is 0 Å². The van der Waals surface area contributed by atoms with E-state index in [2.05, 4.69) is 204 Å². The third-order valence-corrected chi connectivity index (χ3v) is 12.8. The van der Waals surface area contributed by atoms with Gasteiger partial charge in [-0.25, -0.2) is 0 Å². The summed E-state index contributed by atoms with van der Waals surface area (Å²) in [5.74, 6) is 0. The van der Waals surface area contributed by atoms with Crippen LogP contribution in [0.25, 0.3) is 78.0 Å². The van der Waals surface area contributed by atoms with Crippen LogP contribution in [-0.4, -0.2) is 9.13 Å². The van der Waals surface area contributed by atoms with Crippen LogP contribution < -0.4 is 0 Å². The van der Waals surface area contributed by atoms with E-state index in [0.29, 0.717) is 0 Å². The summed E-state index contributed by atoms with van der Waals surface area (Å²) in [5.41, 5.74) is 20.8. The van der Waals surface area contributed by atoms with E-state index in [4.69, 9.17) is 0 Å². The number of aromatic nitrogens is 2. The number of allylic oxidation sites excluding steroid dienone is 11. The van der Waals surface area contributed by atoms with Crippen molar-refractivity contribution in [1.29, 1.82) is 0 Å². The van der Waals surface area contributed by atoms with Gasteiger partial charge < -0.3 is 9.13 Å². The zero-order valence-electron chi connectivity index (χ0n) is 33.5. The fourth-order valence-electron chi connectivity index (χ4n) is 9.76. The Kier molecular flexibility index (Phi) is 8.85. The smallest absolute Gasteiger partial charge is 0.0547 e. The number of nitrogens with zero attached hydrogens (tertiary/aromatic N) is 2. The molecule has 0 radical (unpaired) electrons. The molecule has 0 N–H and O–H groups in total. The highest BCUT2D eigenvalue weighted by atomic mass is 15.0. The Balaban J connectivity index is 1.06. The van der Waals surface area contributed by atoms with E-state index in [9.17, 15) is 0 Å². The van der Waals surface area contributed by atoms with Gasteiger partial charge >= 0.3 is 0 Å². The van der Waals surface area contributed by atoms with E-state index in [1.807, 2.05) is 0 Å². The van der Waals surface area contributed by atoms with Crippen molar-refractivity contribution in [2.75, 3.05) is 0 Å². The predicted octanol–water partition coefficient (Wildman–Crippen LogP) is 15.3. The highest BCUT2D eigenvalue weighted by Crippen LogP contribution is 2.42. The van der Waals surface area contributed by atoms with Crippen molar-refractivity contribution in [3.8, 4) is 27.9 Å². The van der Waals surface area contributed by atoms with Crippen LogP contribution in [0.5, 0.6) is 0 Å². The van der Waals surface area contributed by atoms with E-state index in [1.54, 1.807) is 0 Å². The molecular formula is C57H46N2. The second-order valence-corrected chi connectivity index (χ2v) is 16.3. The summed E-state index contributed by atoms with van der Waals surface area (Å²) in [4.78, 5) is 0. The van der Waals surface area contributed by atoms with Crippen LogP contribution in [-0.2, 0) is 6.42 Å². The summed E-state index contributed by atoms with van der Waals surface area (Å²) in [6, 6.07) is 53.7. The Morgan fingerprint density at radius 2 is 1.17 bits per heavy atom. The van der Waals surface area contributed by atoms with Gasteiger partial charge in [0.25, 0.3) is 0 Å². The lowest BCUT2D eigenvalue weighted by molar-refractivity contribution is 0.862. The summed E-state index contributed by atoms with van der Waals surface area (Å²) in [5, 5.41) is 3.85. The van der Waals surface area contributed by atoms with Gasteiger partial charge in [-0.3, -0.25) is 0 Å². The molecule has 59 heavy (non-hydrogen) atoms. The van der Waals surface area contributed by atoms with Gasteiger partial charge in [-0.1, -0.05) is 146 Å². The molecule has 2 aromatic heterocycles. The molecule has 3 aliphatic carbocycles. The highest BCUT2D eigenvalue weighted by Gasteiger charge is 2.23. The van der Waals surface area contributed by atoms with Gasteiger partial charge in [0.1, 0.15) is 0 Å². The first kappa shape index (κ1) is 35.3. The van der Waals surface area contributed by atoms with Gasteiger partial charge in [0.05, 0.1) is 16.6 Å². The monoisotopic (exact) mass is 758 g/mol. The maximum atomic E-state index is 2.61. The predicted molar refractivity (Wildman–Crippen MR) is 252 cm³/mol. The zero-order chi connectivity index (χ0) is 39.3. The van der Waals surface area contributed by atoms with Crippen LogP contribution in [0.4, 0.5) is 0 Å². The van der Waals surface area contributed by atoms with Crippen LogP contribution in [0.2, 0.25) is 0 Å². The number of hydrogen-bond donors (Lipinski definition) is 0. The van der Waals surface area contributed by atoms with Crippen molar-refractivity contribution in [2.24, 2.45) is 0 Å². The molecule has 8 aromatic rings. The molecule has 0 aliphatic heterocycles. The number of fused-ring (bicyclic) bond motifs is 6. The van der Waals surface area contributed by atoms with E-state index >= 15 is 0 Å². The molecule has 0 unspecified atom stereocenters. The van der Waals surface area contributed by atoms with Crippen LogP contribution >= 0.6 is 0 Å². The molecule has 284 valence electrons. The molecule has 3 aliphatic rings. The SMILES string of the molecule is C\C1=C(n2c3c(c4cc(-c5ccc6c7ccccc7n(-c7cccc(-c8ccccc8)c7)c6c5)ccc42)C=CCC3)/C=C(c2ccccc2)\C=C(\C2=CC=CCC2)CC1. The first-order valence-electron chi connectivity index (χ1n) is 21.3. The maximum absolute atomic E-state index is 2.61. The van der Waals surface area contributed by atoms with Gasteiger partial charge in [-0.05, 0) is 138 Å². The average Bonchev–Trinajstić information content (AvgIpc) is 3.81. The van der Waals surface area contributed by atoms with E-state index in [0.717, 1.165) is 38.5 Å². The van der Waals surface area contributed by atoms with Crippen molar-refractivity contribution in [1.82, 2.24) is 9.13 Å². The number of benzene rings is 6. The Labute approximate surface area is 346 Å². The van der Waals surface area contributed by atoms with Crippen LogP contribution in [0, 0.1) is 0 Å². The molecule has 2 nitrogen and oxygen atoms in total. The number of para-hydroxylation sites is 1. The summed E-state index contributed by atoms with van der Waals surface area (Å²) in [6.07, 6.45) is 22.9. The lowest BCUT2D eigenvalue weighted by atomic mass is 9.87. The first-order chi connectivity index (χ1) is 29.2. The molecule has 0 saturated heterocycles. The third kappa shape index (κ3) is 6.28. The van der Waals surface area contributed by atoms with Gasteiger partial charge in [0.15, 0.2) is 0 Å². The third-order valence-electron chi connectivity index (χ3n) is 12.8. The standard InChI is InChI=1S/C57H46N2/c1-39-28-29-44(41-18-7-3-8-19-41)34-47(42-20-9-4-10-21-42)38-56(39)59-54-27-14-12-25-50(54)52-36-45(31-33-55(52)59)46-30-32-51-49-24-11-13-26-53(49)58(57(51)37-46)48-23-15-22-43(35-48)40-16-5-2-6-17-40/h2-7,9-13,15-18,20-26,30-38H,8,14,19,27-29H2,1H3/b44-34+,47-38+,56-39-. The highest BCUT2D eigenvalue weighted by molar-refractivity contribution is 6.10. The number of hydrogen-bond acceptors (Lipinski definition) is 0. The topological polar surface area (TPSA) is 9.86 Å². The lowest BCUT2D eigenvalue weighted by Crippen LogP contribution is -2.07. The zero-order valence-corrected chi connectivity index (χ0v) is 33.5. The summed E-state index contributed by atoms with van der Waals surface area (Å²) in [6.45, 7) is 2.36. The fraction of sp³-hybridized carbons (Fsp3) is 0.123. The number of rotatable bonds is 6. The molecule has 0 saturated carbocycles. The van der Waals surface area contributed by atoms with Crippen molar-refractivity contribution >= 4 is 50.1 Å². The van der Waals surface area contributed by atoms with Crippen molar-refractivity contribution < 1.29 is 0 Å². The van der Waals surface area contributed by atoms with Crippen LogP contribution in [0.15, 0.2) is 199 Å². The Bertz CT molecular complexity index is 3130. The lowest BCUT2D eigenvalue weighted by Gasteiger charge is -2.22. The van der Waals surface area contributed by atoms with Crippen LogP contribution in [0.1, 0.15) is 55.8 Å². The molecule has 0 atom stereocenters. The molecule has 2 heteroatoms. The molecule has 6 aromatic carbocycles. The van der Waals surface area contributed by atoms with Gasteiger partial charge in [-0.15, -0.1) is 0 Å². The minimum atomic E-state index is 1.02. The van der Waals surface area contributed by atoms with E-state index < -0.39 is 0 Å². The normalized spacial score (nSPS) is 18.6. The molecular weight excluding hydrogens is 713 g/mol. The van der Waals surface area contributed by atoms with Crippen molar-refractivity contribution in [2.45, 2.75) is 45.4 Å². The molecule has 0 fully saturated rings. The van der Waals surface area contributed by atoms with Gasteiger partial charge in [-0.2, -0.15) is 0 Å². The minimum Gasteiger partial charge on any atom is -0.313 e. The molecule has 0 bridgehead atoms. The Morgan fingerprint density at radius 3 is 2.02 bits per heavy atom. The van der Waals surface area contributed by atoms with Gasteiger partial charge in [0.2, 0.25) is 0 Å². The Hall–Kier alpha value is -6.90. The summed E-state index contributed by atoms with van der Waals surface area (Å²) in [7, 11) is 0. The molecule has 0 amide bonds. The first-order valence-corrected chi connectivity index (χ1v) is 21.3. The largest absolute Gasteiger partial charge is 0.313 e. The summed E-state index contributed by atoms with van der Waals surface area (Å²) < 4.78 is 5.06. The average molecular weight is 759 g/mol. The maximum Gasteiger partial charge on any atom is 0.0547 e. The van der Waals surface area contributed by atoms with Crippen molar-refractivity contribution in [3.05, 3.63) is 216 Å². The second kappa shape index (κ2) is 14.8. The molecule has 11 rings (SSSR count). The second-order valence-electron chi connectivity index (χ2n) is 16.3. The fourth-order valence-corrected chi connectivity index (χ4v) is 9.76. The Morgan fingerprint density at radius 1 is 0.458 bits per heavy atom. The van der Waals surface area contributed by atoms with E-state index in [-0.39, 0.29) is 0 Å². The molecule has 0 spiro atoms. The molecule has 2 heterocycles. The minimum absolute atomic E-state index is 1.02. The quantitative estimate of drug-likeness (QED) is 0.160. The van der Waals surface area contributed by atoms with Crippen molar-refractivity contribution in [3.63, 3.8) is 0 Å². The summed E-state index contributed by atoms with van der Waals surface area (Å²) >= 11 is 0. The van der Waals surface area contributed by atoms with E-state index in [1.165, 1.54) is 105 Å².